The van der Waals surface area contributed by atoms with Crippen LogP contribution in [-0.4, -0.2) is 19.6 Å². The molecule has 1 heterocycles. The number of ether oxygens (including phenoxy) is 1. The van der Waals surface area contributed by atoms with Crippen LogP contribution in [-0.2, 0) is 16.0 Å². The van der Waals surface area contributed by atoms with E-state index in [1.54, 1.807) is 11.3 Å². The fourth-order valence-electron chi connectivity index (χ4n) is 2.15. The Bertz CT molecular complexity index is 405. The number of halogens is 1. The molecule has 0 fully saturated rings. The van der Waals surface area contributed by atoms with Gasteiger partial charge in [-0.2, -0.15) is 0 Å². The monoisotopic (exact) mass is 273 g/mol. The first-order chi connectivity index (χ1) is 8.20. The fourth-order valence-corrected chi connectivity index (χ4v) is 3.51. The molecule has 1 N–H and O–H groups in total. The minimum Gasteiger partial charge on any atom is -0.469 e. The van der Waals surface area contributed by atoms with Crippen LogP contribution < -0.4 is 5.32 Å². The van der Waals surface area contributed by atoms with Crippen LogP contribution in [0.4, 0.5) is 0 Å². The van der Waals surface area contributed by atoms with Crippen LogP contribution in [0.3, 0.4) is 0 Å². The molecule has 1 atom stereocenters. The maximum absolute atomic E-state index is 10.9. The topological polar surface area (TPSA) is 38.3 Å². The highest BCUT2D eigenvalue weighted by atomic mass is 35.5. The van der Waals surface area contributed by atoms with Gasteiger partial charge in [0.1, 0.15) is 0 Å². The summed E-state index contributed by atoms with van der Waals surface area (Å²) in [7, 11) is 1.42. The molecule has 1 unspecified atom stereocenters. The van der Waals surface area contributed by atoms with Crippen molar-refractivity contribution in [1.82, 2.24) is 5.32 Å². The van der Waals surface area contributed by atoms with E-state index in [9.17, 15) is 4.79 Å². The Morgan fingerprint density at radius 1 is 1.71 bits per heavy atom. The minimum atomic E-state index is -0.141. The molecule has 0 radical (unpaired) electrons. The lowest BCUT2D eigenvalue weighted by Gasteiger charge is -2.12. The standard InChI is InChI=1S/C12H16ClNO2S/c1-16-12(15)3-2-6-14-9-4-5-10-8(9)7-11(13)17-10/h7,9,14H,2-6H2,1H3. The number of carbonyl (C=O) groups is 1. The van der Waals surface area contributed by atoms with Gasteiger partial charge in [0.2, 0.25) is 0 Å². The molecule has 0 saturated carbocycles. The van der Waals surface area contributed by atoms with Gasteiger partial charge in [0, 0.05) is 17.3 Å². The van der Waals surface area contributed by atoms with Crippen LogP contribution >= 0.6 is 22.9 Å². The molecule has 1 aromatic heterocycles. The van der Waals surface area contributed by atoms with Gasteiger partial charge >= 0.3 is 5.97 Å². The van der Waals surface area contributed by atoms with Gasteiger partial charge in [-0.15, -0.1) is 11.3 Å². The third-order valence-corrected chi connectivity index (χ3v) is 4.36. The molecular weight excluding hydrogens is 258 g/mol. The largest absolute Gasteiger partial charge is 0.469 e. The van der Waals surface area contributed by atoms with Crippen molar-refractivity contribution >= 4 is 28.9 Å². The molecule has 17 heavy (non-hydrogen) atoms. The molecular formula is C12H16ClNO2S. The highest BCUT2D eigenvalue weighted by Crippen LogP contribution is 2.39. The second kappa shape index (κ2) is 5.85. The molecule has 2 rings (SSSR count). The Hall–Kier alpha value is -0.580. The first kappa shape index (κ1) is 12.9. The van der Waals surface area contributed by atoms with E-state index < -0.39 is 0 Å². The molecule has 0 amide bonds. The van der Waals surface area contributed by atoms with Crippen LogP contribution in [0.1, 0.15) is 35.7 Å². The predicted octanol–water partition coefficient (Wildman–Crippen LogP) is 2.93. The lowest BCUT2D eigenvalue weighted by atomic mass is 10.1. The second-order valence-electron chi connectivity index (χ2n) is 4.15. The first-order valence-corrected chi connectivity index (χ1v) is 6.98. The smallest absolute Gasteiger partial charge is 0.305 e. The average Bonchev–Trinajstić information content (AvgIpc) is 2.84. The van der Waals surface area contributed by atoms with Crippen LogP contribution in [0.5, 0.6) is 0 Å². The number of fused-ring (bicyclic) bond motifs is 1. The maximum atomic E-state index is 10.9. The van der Waals surface area contributed by atoms with Gasteiger partial charge < -0.3 is 10.1 Å². The summed E-state index contributed by atoms with van der Waals surface area (Å²) in [4.78, 5) is 12.3. The molecule has 0 saturated heterocycles. The maximum Gasteiger partial charge on any atom is 0.305 e. The summed E-state index contributed by atoms with van der Waals surface area (Å²) >= 11 is 7.67. The van der Waals surface area contributed by atoms with Gasteiger partial charge in [-0.25, -0.2) is 0 Å². The summed E-state index contributed by atoms with van der Waals surface area (Å²) in [6.45, 7) is 0.840. The number of thiophene rings is 1. The van der Waals surface area contributed by atoms with Crippen LogP contribution in [0.15, 0.2) is 6.07 Å². The molecule has 1 aliphatic rings. The van der Waals surface area contributed by atoms with E-state index >= 15 is 0 Å². The van der Waals surface area contributed by atoms with Crippen LogP contribution in [0.25, 0.3) is 0 Å². The van der Waals surface area contributed by atoms with Gasteiger partial charge in [0.25, 0.3) is 0 Å². The number of rotatable bonds is 5. The van der Waals surface area contributed by atoms with Gasteiger partial charge in [0.05, 0.1) is 11.4 Å². The zero-order valence-corrected chi connectivity index (χ0v) is 11.4. The quantitative estimate of drug-likeness (QED) is 0.662. The predicted molar refractivity (Wildman–Crippen MR) is 69.6 cm³/mol. The molecule has 0 bridgehead atoms. The molecule has 0 aliphatic heterocycles. The third-order valence-electron chi connectivity index (χ3n) is 3.02. The van der Waals surface area contributed by atoms with Crippen molar-refractivity contribution in [2.45, 2.75) is 31.7 Å². The van der Waals surface area contributed by atoms with Crippen molar-refractivity contribution in [3.05, 3.63) is 20.8 Å². The SMILES string of the molecule is COC(=O)CCCNC1CCc2sc(Cl)cc21. The normalized spacial score (nSPS) is 18.1. The van der Waals surface area contributed by atoms with E-state index in [4.69, 9.17) is 11.6 Å². The fraction of sp³-hybridized carbons (Fsp3) is 0.583. The van der Waals surface area contributed by atoms with E-state index in [-0.39, 0.29) is 5.97 Å². The molecule has 3 nitrogen and oxygen atoms in total. The van der Waals surface area contributed by atoms with Gasteiger partial charge in [0.15, 0.2) is 0 Å². The van der Waals surface area contributed by atoms with Crippen molar-refractivity contribution in [2.75, 3.05) is 13.7 Å². The van der Waals surface area contributed by atoms with E-state index in [2.05, 4.69) is 16.1 Å². The van der Waals surface area contributed by atoms with E-state index in [1.807, 2.05) is 0 Å². The molecule has 94 valence electrons. The molecule has 0 aromatic carbocycles. The summed E-state index contributed by atoms with van der Waals surface area (Å²) < 4.78 is 5.47. The van der Waals surface area contributed by atoms with Crippen molar-refractivity contribution in [1.29, 1.82) is 0 Å². The Morgan fingerprint density at radius 3 is 3.29 bits per heavy atom. The lowest BCUT2D eigenvalue weighted by molar-refractivity contribution is -0.140. The number of aryl methyl sites for hydroxylation is 1. The number of carbonyl (C=O) groups excluding carboxylic acids is 1. The number of hydrogen-bond acceptors (Lipinski definition) is 4. The Kier molecular flexibility index (Phi) is 4.42. The summed E-state index contributed by atoms with van der Waals surface area (Å²) in [5.74, 6) is -0.141. The van der Waals surface area contributed by atoms with Gasteiger partial charge in [-0.1, -0.05) is 11.6 Å². The zero-order chi connectivity index (χ0) is 12.3. The molecule has 0 spiro atoms. The van der Waals surface area contributed by atoms with Crippen LogP contribution in [0, 0.1) is 0 Å². The highest BCUT2D eigenvalue weighted by molar-refractivity contribution is 7.16. The highest BCUT2D eigenvalue weighted by Gasteiger charge is 2.24. The number of nitrogens with one attached hydrogen (secondary N) is 1. The van der Waals surface area contributed by atoms with Gasteiger partial charge in [-0.05, 0) is 37.4 Å². The van der Waals surface area contributed by atoms with E-state index in [0.29, 0.717) is 12.5 Å². The Morgan fingerprint density at radius 2 is 2.53 bits per heavy atom. The minimum absolute atomic E-state index is 0.141. The number of esters is 1. The number of hydrogen-bond donors (Lipinski definition) is 1. The molecule has 1 aliphatic carbocycles. The Balaban J connectivity index is 1.76. The van der Waals surface area contributed by atoms with Crippen LogP contribution in [0.2, 0.25) is 4.34 Å². The van der Waals surface area contributed by atoms with E-state index in [0.717, 1.165) is 30.1 Å². The zero-order valence-electron chi connectivity index (χ0n) is 9.79. The molecule has 1 aromatic rings. The summed E-state index contributed by atoms with van der Waals surface area (Å²) in [5, 5.41) is 3.47. The van der Waals surface area contributed by atoms with Crippen molar-refractivity contribution in [3.8, 4) is 0 Å². The third kappa shape index (κ3) is 3.21. The van der Waals surface area contributed by atoms with Crippen molar-refractivity contribution in [3.63, 3.8) is 0 Å². The summed E-state index contributed by atoms with van der Waals surface area (Å²) in [6, 6.07) is 2.47. The lowest BCUT2D eigenvalue weighted by Crippen LogP contribution is -2.21. The second-order valence-corrected chi connectivity index (χ2v) is 5.92. The summed E-state index contributed by atoms with van der Waals surface area (Å²) in [6.07, 6.45) is 3.54. The first-order valence-electron chi connectivity index (χ1n) is 5.79. The van der Waals surface area contributed by atoms with Gasteiger partial charge in [-0.3, -0.25) is 4.79 Å². The summed E-state index contributed by atoms with van der Waals surface area (Å²) in [5.41, 5.74) is 1.35. The molecule has 5 heteroatoms. The van der Waals surface area contributed by atoms with Crippen molar-refractivity contribution in [2.24, 2.45) is 0 Å². The Labute approximate surface area is 110 Å². The van der Waals surface area contributed by atoms with Crippen molar-refractivity contribution < 1.29 is 9.53 Å². The van der Waals surface area contributed by atoms with E-state index in [1.165, 1.54) is 17.6 Å². The average molecular weight is 274 g/mol. The number of methoxy groups -OCH3 is 1.